The van der Waals surface area contributed by atoms with E-state index in [0.29, 0.717) is 22.2 Å². The molecule has 3 aromatic rings. The fourth-order valence-electron chi connectivity index (χ4n) is 4.01. The number of carbonyl (C=O) groups excluding carboxylic acids is 2. The molecule has 0 bridgehead atoms. The van der Waals surface area contributed by atoms with Crippen LogP contribution in [0.3, 0.4) is 0 Å². The first kappa shape index (κ1) is 24.4. The third-order valence-corrected chi connectivity index (χ3v) is 5.86. The third kappa shape index (κ3) is 5.68. The molecule has 1 fully saturated rings. The Labute approximate surface area is 204 Å². The summed E-state index contributed by atoms with van der Waals surface area (Å²) in [5.74, 6) is 0.496. The zero-order chi connectivity index (χ0) is 25.2. The molecule has 3 amide bonds. The standard InChI is InChI=1S/C25H21ClF3N3O3/c26-17-4-8-19(9-5-17)35-20-10-6-18(7-11-20)32-23(21(31-24(32)34)12-13-22(30)33)15-2-1-3-16(14-15)25(27,28)29/h1-11,14,21,23H,12-13H2,(H2,30,33)(H,31,34). The number of carbonyl (C=O) groups is 2. The van der Waals surface area contributed by atoms with E-state index < -0.39 is 35.8 Å². The highest BCUT2D eigenvalue weighted by Gasteiger charge is 2.42. The van der Waals surface area contributed by atoms with Crippen LogP contribution in [0.4, 0.5) is 23.7 Å². The number of hydrogen-bond donors (Lipinski definition) is 2. The van der Waals surface area contributed by atoms with E-state index in [0.717, 1.165) is 12.1 Å². The van der Waals surface area contributed by atoms with E-state index in [1.165, 1.54) is 17.0 Å². The molecule has 4 rings (SSSR count). The molecule has 1 aliphatic heterocycles. The molecule has 35 heavy (non-hydrogen) atoms. The van der Waals surface area contributed by atoms with Gasteiger partial charge in [0.25, 0.3) is 0 Å². The second-order valence-electron chi connectivity index (χ2n) is 8.05. The molecule has 0 radical (unpaired) electrons. The van der Waals surface area contributed by atoms with Gasteiger partial charge in [-0.2, -0.15) is 13.2 Å². The SMILES string of the molecule is NC(=O)CCC1NC(=O)N(c2ccc(Oc3ccc(Cl)cc3)cc2)C1c1cccc(C(F)(F)F)c1. The Morgan fingerprint density at radius 3 is 2.26 bits per heavy atom. The lowest BCUT2D eigenvalue weighted by Crippen LogP contribution is -2.30. The van der Waals surface area contributed by atoms with Crippen LogP contribution >= 0.6 is 11.6 Å². The first-order valence-corrected chi connectivity index (χ1v) is 11.1. The van der Waals surface area contributed by atoms with Crippen LogP contribution in [-0.2, 0) is 11.0 Å². The summed E-state index contributed by atoms with van der Waals surface area (Å²) in [4.78, 5) is 25.7. The van der Waals surface area contributed by atoms with Crippen LogP contribution in [-0.4, -0.2) is 18.0 Å². The van der Waals surface area contributed by atoms with Crippen molar-refractivity contribution in [2.45, 2.75) is 31.1 Å². The normalized spacial score (nSPS) is 17.8. The maximum Gasteiger partial charge on any atom is 0.416 e. The number of nitrogens with one attached hydrogen (secondary N) is 1. The Kier molecular flexibility index (Phi) is 6.88. The van der Waals surface area contributed by atoms with Crippen LogP contribution < -0.4 is 20.7 Å². The highest BCUT2D eigenvalue weighted by atomic mass is 35.5. The van der Waals surface area contributed by atoms with Gasteiger partial charge in [-0.25, -0.2) is 4.79 Å². The number of nitrogens with zero attached hydrogens (tertiary/aromatic N) is 1. The molecule has 1 aliphatic rings. The van der Waals surface area contributed by atoms with Gasteiger partial charge in [0.05, 0.1) is 17.6 Å². The Morgan fingerprint density at radius 2 is 1.66 bits per heavy atom. The van der Waals surface area contributed by atoms with Crippen LogP contribution in [0.5, 0.6) is 11.5 Å². The molecule has 3 N–H and O–H groups in total. The minimum absolute atomic E-state index is 0.0257. The van der Waals surface area contributed by atoms with E-state index >= 15 is 0 Å². The minimum atomic E-state index is -4.54. The highest BCUT2D eigenvalue weighted by molar-refractivity contribution is 6.30. The number of benzene rings is 3. The van der Waals surface area contributed by atoms with Gasteiger partial charge < -0.3 is 15.8 Å². The summed E-state index contributed by atoms with van der Waals surface area (Å²) in [6.45, 7) is 0. The van der Waals surface area contributed by atoms with E-state index in [-0.39, 0.29) is 18.4 Å². The number of primary amides is 1. The quantitative estimate of drug-likeness (QED) is 0.411. The summed E-state index contributed by atoms with van der Waals surface area (Å²) in [5.41, 5.74) is 5.18. The van der Waals surface area contributed by atoms with Gasteiger partial charge in [-0.3, -0.25) is 9.69 Å². The van der Waals surface area contributed by atoms with Gasteiger partial charge >= 0.3 is 12.2 Å². The molecule has 6 nitrogen and oxygen atoms in total. The number of nitrogens with two attached hydrogens (primary N) is 1. The lowest BCUT2D eigenvalue weighted by Gasteiger charge is -2.27. The van der Waals surface area contributed by atoms with Crippen molar-refractivity contribution in [3.8, 4) is 11.5 Å². The van der Waals surface area contributed by atoms with Crippen molar-refractivity contribution in [3.05, 3.63) is 88.9 Å². The Bertz CT molecular complexity index is 1220. The molecule has 10 heteroatoms. The Hall–Kier alpha value is -3.72. The summed E-state index contributed by atoms with van der Waals surface area (Å²) in [5, 5.41) is 3.35. The van der Waals surface area contributed by atoms with Gasteiger partial charge in [0, 0.05) is 17.1 Å². The zero-order valence-corrected chi connectivity index (χ0v) is 19.0. The summed E-state index contributed by atoms with van der Waals surface area (Å²) < 4.78 is 45.9. The monoisotopic (exact) mass is 503 g/mol. The van der Waals surface area contributed by atoms with Crippen molar-refractivity contribution in [2.24, 2.45) is 5.73 Å². The maximum absolute atomic E-state index is 13.4. The molecule has 3 aromatic carbocycles. The van der Waals surface area contributed by atoms with Crippen LogP contribution in [0.2, 0.25) is 5.02 Å². The topological polar surface area (TPSA) is 84.7 Å². The smallest absolute Gasteiger partial charge is 0.416 e. The predicted molar refractivity (Wildman–Crippen MR) is 125 cm³/mol. The number of hydrogen-bond acceptors (Lipinski definition) is 3. The van der Waals surface area contributed by atoms with Gasteiger partial charge in [-0.15, -0.1) is 0 Å². The van der Waals surface area contributed by atoms with Crippen LogP contribution in [0.1, 0.15) is 30.0 Å². The molecule has 2 unspecified atom stereocenters. The van der Waals surface area contributed by atoms with Crippen molar-refractivity contribution in [3.63, 3.8) is 0 Å². The second kappa shape index (κ2) is 9.87. The molecular weight excluding hydrogens is 483 g/mol. The van der Waals surface area contributed by atoms with Crippen molar-refractivity contribution >= 4 is 29.2 Å². The number of ether oxygens (including phenoxy) is 1. The maximum atomic E-state index is 13.4. The molecule has 0 aliphatic carbocycles. The lowest BCUT2D eigenvalue weighted by atomic mass is 9.94. The van der Waals surface area contributed by atoms with Gasteiger partial charge in [0.1, 0.15) is 11.5 Å². The molecule has 1 heterocycles. The minimum Gasteiger partial charge on any atom is -0.457 e. The van der Waals surface area contributed by atoms with Crippen molar-refractivity contribution in [1.29, 1.82) is 0 Å². The number of halogens is 4. The summed E-state index contributed by atoms with van der Waals surface area (Å²) in [6, 6.07) is 16.3. The Morgan fingerprint density at radius 1 is 1.03 bits per heavy atom. The third-order valence-electron chi connectivity index (χ3n) is 5.61. The number of alkyl halides is 3. The molecule has 1 saturated heterocycles. The summed E-state index contributed by atoms with van der Waals surface area (Å²) in [6.07, 6.45) is -4.39. The molecule has 182 valence electrons. The largest absolute Gasteiger partial charge is 0.457 e. The number of rotatable bonds is 7. The second-order valence-corrected chi connectivity index (χ2v) is 8.49. The lowest BCUT2D eigenvalue weighted by molar-refractivity contribution is -0.137. The predicted octanol–water partition coefficient (Wildman–Crippen LogP) is 6.06. The number of urea groups is 1. The van der Waals surface area contributed by atoms with E-state index in [1.54, 1.807) is 48.5 Å². The fourth-order valence-corrected chi connectivity index (χ4v) is 4.14. The van der Waals surface area contributed by atoms with E-state index in [9.17, 15) is 22.8 Å². The van der Waals surface area contributed by atoms with Crippen molar-refractivity contribution < 1.29 is 27.5 Å². The van der Waals surface area contributed by atoms with Crippen LogP contribution in [0.15, 0.2) is 72.8 Å². The zero-order valence-electron chi connectivity index (χ0n) is 18.3. The average Bonchev–Trinajstić information content (AvgIpc) is 3.15. The van der Waals surface area contributed by atoms with Crippen molar-refractivity contribution in [1.82, 2.24) is 5.32 Å². The first-order chi connectivity index (χ1) is 16.6. The average molecular weight is 504 g/mol. The van der Waals surface area contributed by atoms with Gasteiger partial charge in [-0.1, -0.05) is 23.7 Å². The molecule has 0 aromatic heterocycles. The number of anilines is 1. The highest BCUT2D eigenvalue weighted by Crippen LogP contribution is 2.39. The fraction of sp³-hybridized carbons (Fsp3) is 0.200. The summed E-state index contributed by atoms with van der Waals surface area (Å²) >= 11 is 5.89. The van der Waals surface area contributed by atoms with E-state index in [2.05, 4.69) is 5.32 Å². The van der Waals surface area contributed by atoms with Gasteiger partial charge in [-0.05, 0) is 72.6 Å². The van der Waals surface area contributed by atoms with E-state index in [4.69, 9.17) is 22.1 Å². The first-order valence-electron chi connectivity index (χ1n) is 10.7. The van der Waals surface area contributed by atoms with Crippen LogP contribution in [0, 0.1) is 0 Å². The summed E-state index contributed by atoms with van der Waals surface area (Å²) in [7, 11) is 0. The van der Waals surface area contributed by atoms with E-state index in [1.807, 2.05) is 0 Å². The van der Waals surface area contributed by atoms with Gasteiger partial charge in [0.2, 0.25) is 5.91 Å². The van der Waals surface area contributed by atoms with Gasteiger partial charge in [0.15, 0.2) is 0 Å². The molecule has 2 atom stereocenters. The van der Waals surface area contributed by atoms with Crippen LogP contribution in [0.25, 0.3) is 0 Å². The molecule has 0 saturated carbocycles. The molecular formula is C25H21ClF3N3O3. The Balaban J connectivity index is 1.65. The van der Waals surface area contributed by atoms with Crippen molar-refractivity contribution in [2.75, 3.05) is 4.90 Å². The number of amides is 3. The molecule has 0 spiro atoms.